The molecule has 1 heteroatoms. The molecule has 0 fully saturated rings. The third kappa shape index (κ3) is 1.79. The summed E-state index contributed by atoms with van der Waals surface area (Å²) < 4.78 is 0. The van der Waals surface area contributed by atoms with Crippen molar-refractivity contribution in [2.24, 2.45) is 5.92 Å². The van der Waals surface area contributed by atoms with E-state index in [1.54, 1.807) is 0 Å². The minimum Gasteiger partial charge on any atom is -0.361 e. The van der Waals surface area contributed by atoms with Gasteiger partial charge in [0.2, 0.25) is 0 Å². The number of hydrogen-bond acceptors (Lipinski definition) is 0. The summed E-state index contributed by atoms with van der Waals surface area (Å²) in [5, 5.41) is 0. The fraction of sp³-hybridized carbons (Fsp3) is 0.455. The predicted molar refractivity (Wildman–Crippen MR) is 54.0 cm³/mol. The van der Waals surface area contributed by atoms with Gasteiger partial charge in [-0.2, -0.15) is 0 Å². The zero-order valence-electron chi connectivity index (χ0n) is 8.09. The van der Waals surface area contributed by atoms with Crippen molar-refractivity contribution in [2.45, 2.75) is 27.2 Å². The van der Waals surface area contributed by atoms with Crippen molar-refractivity contribution in [3.63, 3.8) is 0 Å². The van der Waals surface area contributed by atoms with Crippen LogP contribution in [0.3, 0.4) is 0 Å². The van der Waals surface area contributed by atoms with E-state index in [1.807, 2.05) is 20.0 Å². The van der Waals surface area contributed by atoms with E-state index in [-0.39, 0.29) is 0 Å². The molecule has 0 saturated carbocycles. The minimum absolute atomic E-state index is 0.711. The standard InChI is InChI=1S/C9H11N.C2H6/c1-7-2-3-9-8(6-7)4-5-10-9;1-2/h2-5,7,10H,6H2,1H3;1-2H3. The first-order valence-electron chi connectivity index (χ1n) is 4.71. The Morgan fingerprint density at radius 2 is 2.17 bits per heavy atom. The highest BCUT2D eigenvalue weighted by Crippen LogP contribution is 2.20. The molecule has 1 heterocycles. The number of aromatic amines is 1. The van der Waals surface area contributed by atoms with Gasteiger partial charge < -0.3 is 4.98 Å². The maximum Gasteiger partial charge on any atom is 0.0409 e. The summed E-state index contributed by atoms with van der Waals surface area (Å²) in [5.41, 5.74) is 2.74. The molecule has 0 spiro atoms. The highest BCUT2D eigenvalue weighted by molar-refractivity contribution is 5.52. The molecular formula is C11H17N. The molecule has 1 nitrogen and oxygen atoms in total. The van der Waals surface area contributed by atoms with E-state index in [1.165, 1.54) is 17.7 Å². The highest BCUT2D eigenvalue weighted by atomic mass is 14.7. The van der Waals surface area contributed by atoms with Gasteiger partial charge in [0.15, 0.2) is 0 Å². The van der Waals surface area contributed by atoms with E-state index < -0.39 is 0 Å². The van der Waals surface area contributed by atoms with Gasteiger partial charge in [0.05, 0.1) is 0 Å². The lowest BCUT2D eigenvalue weighted by molar-refractivity contribution is 0.717. The number of nitrogens with one attached hydrogen (secondary N) is 1. The molecule has 0 saturated heterocycles. The van der Waals surface area contributed by atoms with E-state index >= 15 is 0 Å². The third-order valence-corrected chi connectivity index (χ3v) is 2.00. The lowest BCUT2D eigenvalue weighted by atomic mass is 9.96. The number of allylic oxidation sites excluding steroid dienone is 1. The molecule has 0 bridgehead atoms. The predicted octanol–water partition coefficient (Wildman–Crippen LogP) is 3.25. The summed E-state index contributed by atoms with van der Waals surface area (Å²) in [5.74, 6) is 0.711. The van der Waals surface area contributed by atoms with Crippen LogP contribution in [-0.2, 0) is 6.42 Å². The molecule has 0 aliphatic heterocycles. The molecule has 1 aliphatic carbocycles. The van der Waals surface area contributed by atoms with Crippen molar-refractivity contribution in [1.29, 1.82) is 0 Å². The average molecular weight is 163 g/mol. The van der Waals surface area contributed by atoms with E-state index in [0.29, 0.717) is 5.92 Å². The fourth-order valence-electron chi connectivity index (χ4n) is 1.42. The molecule has 1 aromatic rings. The Kier molecular flexibility index (Phi) is 3.15. The zero-order chi connectivity index (χ0) is 8.97. The van der Waals surface area contributed by atoms with Crippen LogP contribution in [0.25, 0.3) is 6.08 Å². The summed E-state index contributed by atoms with van der Waals surface area (Å²) in [6.45, 7) is 6.24. The summed E-state index contributed by atoms with van der Waals surface area (Å²) in [6.07, 6.45) is 7.62. The highest BCUT2D eigenvalue weighted by Gasteiger charge is 2.08. The van der Waals surface area contributed by atoms with E-state index in [2.05, 4.69) is 30.1 Å². The molecule has 1 aromatic heterocycles. The van der Waals surface area contributed by atoms with Crippen LogP contribution in [0.1, 0.15) is 32.0 Å². The first-order valence-corrected chi connectivity index (χ1v) is 4.71. The molecule has 0 aromatic carbocycles. The van der Waals surface area contributed by atoms with Crippen LogP contribution in [0.5, 0.6) is 0 Å². The van der Waals surface area contributed by atoms with Gasteiger partial charge >= 0.3 is 0 Å². The van der Waals surface area contributed by atoms with Crippen molar-refractivity contribution in [1.82, 2.24) is 4.98 Å². The van der Waals surface area contributed by atoms with E-state index in [4.69, 9.17) is 0 Å². The minimum atomic E-state index is 0.711. The third-order valence-electron chi connectivity index (χ3n) is 2.00. The molecule has 1 aliphatic rings. The summed E-state index contributed by atoms with van der Waals surface area (Å²) in [6, 6.07) is 2.16. The largest absolute Gasteiger partial charge is 0.361 e. The van der Waals surface area contributed by atoms with Crippen molar-refractivity contribution in [3.8, 4) is 0 Å². The van der Waals surface area contributed by atoms with Gasteiger partial charge in [0.25, 0.3) is 0 Å². The smallest absolute Gasteiger partial charge is 0.0409 e. The number of hydrogen-bond donors (Lipinski definition) is 1. The molecule has 1 N–H and O–H groups in total. The molecule has 1 atom stereocenters. The zero-order valence-corrected chi connectivity index (χ0v) is 8.09. The van der Waals surface area contributed by atoms with Crippen molar-refractivity contribution < 1.29 is 0 Å². The number of aromatic nitrogens is 1. The van der Waals surface area contributed by atoms with Gasteiger partial charge in [0.1, 0.15) is 0 Å². The Balaban J connectivity index is 0.000000336. The lowest BCUT2D eigenvalue weighted by Crippen LogP contribution is -2.00. The van der Waals surface area contributed by atoms with Crippen LogP contribution in [0.4, 0.5) is 0 Å². The van der Waals surface area contributed by atoms with Crippen LogP contribution >= 0.6 is 0 Å². The topological polar surface area (TPSA) is 15.8 Å². The van der Waals surface area contributed by atoms with Gasteiger partial charge in [-0.3, -0.25) is 0 Å². The summed E-state index contributed by atoms with van der Waals surface area (Å²) >= 11 is 0. The Hall–Kier alpha value is -0.980. The van der Waals surface area contributed by atoms with Gasteiger partial charge in [-0.05, 0) is 30.0 Å². The van der Waals surface area contributed by atoms with Gasteiger partial charge in [-0.15, -0.1) is 0 Å². The van der Waals surface area contributed by atoms with Crippen molar-refractivity contribution in [3.05, 3.63) is 29.6 Å². The number of fused-ring (bicyclic) bond motifs is 1. The molecule has 1 unspecified atom stereocenters. The van der Waals surface area contributed by atoms with Crippen LogP contribution in [0.2, 0.25) is 0 Å². The number of rotatable bonds is 0. The van der Waals surface area contributed by atoms with Gasteiger partial charge in [-0.25, -0.2) is 0 Å². The molecule has 0 amide bonds. The Bertz CT molecular complexity index is 258. The Morgan fingerprint density at radius 1 is 1.42 bits per heavy atom. The van der Waals surface area contributed by atoms with Crippen molar-refractivity contribution >= 4 is 6.08 Å². The Morgan fingerprint density at radius 3 is 2.92 bits per heavy atom. The van der Waals surface area contributed by atoms with E-state index in [0.717, 1.165) is 0 Å². The van der Waals surface area contributed by atoms with Crippen LogP contribution in [-0.4, -0.2) is 4.98 Å². The maximum absolute atomic E-state index is 3.19. The summed E-state index contributed by atoms with van der Waals surface area (Å²) in [4.78, 5) is 3.19. The van der Waals surface area contributed by atoms with Crippen LogP contribution in [0.15, 0.2) is 18.3 Å². The lowest BCUT2D eigenvalue weighted by Gasteiger charge is -2.10. The average Bonchev–Trinajstić information content (AvgIpc) is 2.54. The molecule has 66 valence electrons. The monoisotopic (exact) mass is 163 g/mol. The quantitative estimate of drug-likeness (QED) is 0.604. The second-order valence-corrected chi connectivity index (χ2v) is 2.96. The van der Waals surface area contributed by atoms with Gasteiger partial charge in [0, 0.05) is 11.9 Å². The van der Waals surface area contributed by atoms with Gasteiger partial charge in [-0.1, -0.05) is 26.8 Å². The van der Waals surface area contributed by atoms with Crippen LogP contribution in [0, 0.1) is 5.92 Å². The molecule has 0 radical (unpaired) electrons. The molecule has 12 heavy (non-hydrogen) atoms. The first-order chi connectivity index (χ1) is 5.86. The van der Waals surface area contributed by atoms with E-state index in [9.17, 15) is 0 Å². The van der Waals surface area contributed by atoms with Crippen molar-refractivity contribution in [2.75, 3.05) is 0 Å². The second kappa shape index (κ2) is 4.15. The SMILES string of the molecule is CC.CC1C=Cc2[nH]ccc2C1. The van der Waals surface area contributed by atoms with Crippen LogP contribution < -0.4 is 0 Å². The molecule has 2 rings (SSSR count). The number of H-pyrrole nitrogens is 1. The molecular weight excluding hydrogens is 146 g/mol. The fourth-order valence-corrected chi connectivity index (χ4v) is 1.42. The first kappa shape index (κ1) is 9.11. The normalized spacial score (nSPS) is 19.4. The second-order valence-electron chi connectivity index (χ2n) is 2.96. The maximum atomic E-state index is 3.19. The summed E-state index contributed by atoms with van der Waals surface area (Å²) in [7, 11) is 0. The Labute approximate surface area is 74.5 Å².